The lowest BCUT2D eigenvalue weighted by molar-refractivity contribution is -0.129. The Morgan fingerprint density at radius 1 is 1.24 bits per heavy atom. The summed E-state index contributed by atoms with van der Waals surface area (Å²) in [5.41, 5.74) is 1.31. The number of rotatable bonds is 2. The van der Waals surface area contributed by atoms with Crippen molar-refractivity contribution in [1.29, 1.82) is 0 Å². The minimum absolute atomic E-state index is 0.0158. The lowest BCUT2D eigenvalue weighted by Crippen LogP contribution is -2.35. The quantitative estimate of drug-likeness (QED) is 0.885. The first kappa shape index (κ1) is 14.1. The van der Waals surface area contributed by atoms with E-state index in [4.69, 9.17) is 9.88 Å². The fourth-order valence-corrected chi connectivity index (χ4v) is 3.19. The number of hydrogen-bond acceptors (Lipinski definition) is 4. The lowest BCUT2D eigenvalue weighted by atomic mass is 10.0. The maximum absolute atomic E-state index is 12.1. The van der Waals surface area contributed by atoms with Crippen molar-refractivity contribution in [2.45, 2.75) is 24.2 Å². The van der Waals surface area contributed by atoms with Crippen LogP contribution in [0.1, 0.15) is 24.8 Å². The highest BCUT2D eigenvalue weighted by Gasteiger charge is 2.27. The second kappa shape index (κ2) is 5.16. The third kappa shape index (κ3) is 2.66. The smallest absolute Gasteiger partial charge is 0.238 e. The average molecular weight is 308 g/mol. The number of carbonyl (C=O) groups excluding carboxylic acids is 1. The number of piperidine rings is 1. The number of primary sulfonamides is 1. The predicted octanol–water partition coefficient (Wildman–Crippen LogP) is 1.08. The van der Waals surface area contributed by atoms with Gasteiger partial charge in [-0.05, 0) is 37.1 Å². The molecule has 0 saturated carbocycles. The molecule has 2 aliphatic heterocycles. The maximum atomic E-state index is 12.1. The molecule has 112 valence electrons. The van der Waals surface area contributed by atoms with E-state index in [1.807, 2.05) is 0 Å². The molecule has 0 aromatic heterocycles. The molecule has 1 amide bonds. The summed E-state index contributed by atoms with van der Waals surface area (Å²) in [6.07, 6.45) is 4.15. The van der Waals surface area contributed by atoms with E-state index in [1.165, 1.54) is 12.1 Å². The third-order valence-electron chi connectivity index (χ3n) is 3.69. The van der Waals surface area contributed by atoms with Gasteiger partial charge in [0.15, 0.2) is 0 Å². The number of sulfonamides is 1. The van der Waals surface area contributed by atoms with Gasteiger partial charge < -0.3 is 9.64 Å². The zero-order valence-corrected chi connectivity index (χ0v) is 12.2. The highest BCUT2D eigenvalue weighted by molar-refractivity contribution is 7.89. The Bertz CT molecular complexity index is 724. The molecule has 0 atom stereocenters. The van der Waals surface area contributed by atoms with Gasteiger partial charge in [0.1, 0.15) is 12.4 Å². The van der Waals surface area contributed by atoms with Gasteiger partial charge in [-0.1, -0.05) is 0 Å². The van der Waals surface area contributed by atoms with E-state index < -0.39 is 10.0 Å². The van der Waals surface area contributed by atoms with Gasteiger partial charge in [0.05, 0.1) is 10.6 Å². The second-order valence-electron chi connectivity index (χ2n) is 5.11. The van der Waals surface area contributed by atoms with Crippen molar-refractivity contribution in [2.75, 3.05) is 13.2 Å². The summed E-state index contributed by atoms with van der Waals surface area (Å²) < 4.78 is 28.5. The van der Waals surface area contributed by atoms with Crippen LogP contribution in [0.15, 0.2) is 29.2 Å². The topological polar surface area (TPSA) is 89.7 Å². The van der Waals surface area contributed by atoms with Gasteiger partial charge in [0.2, 0.25) is 15.9 Å². The van der Waals surface area contributed by atoms with Crippen molar-refractivity contribution in [3.63, 3.8) is 0 Å². The Kier molecular flexibility index (Phi) is 3.46. The summed E-state index contributed by atoms with van der Waals surface area (Å²) in [5, 5.41) is 5.17. The van der Waals surface area contributed by atoms with Gasteiger partial charge >= 0.3 is 0 Å². The summed E-state index contributed by atoms with van der Waals surface area (Å²) >= 11 is 0. The van der Waals surface area contributed by atoms with E-state index in [0.29, 0.717) is 36.6 Å². The van der Waals surface area contributed by atoms with Crippen LogP contribution in [0.2, 0.25) is 0 Å². The van der Waals surface area contributed by atoms with Crippen LogP contribution in [0.4, 0.5) is 0 Å². The molecule has 1 fully saturated rings. The van der Waals surface area contributed by atoms with Crippen molar-refractivity contribution in [3.8, 4) is 5.75 Å². The summed E-state index contributed by atoms with van der Waals surface area (Å²) in [4.78, 5) is 13.8. The summed E-state index contributed by atoms with van der Waals surface area (Å²) in [5.74, 6) is 0.625. The Morgan fingerprint density at radius 2 is 2.05 bits per heavy atom. The molecule has 0 spiro atoms. The van der Waals surface area contributed by atoms with Gasteiger partial charge in [-0.2, -0.15) is 0 Å². The number of likely N-dealkylation sites (tertiary alicyclic amines) is 1. The molecule has 0 radical (unpaired) electrons. The number of carbonyl (C=O) groups is 1. The Morgan fingerprint density at radius 3 is 2.76 bits per heavy atom. The van der Waals surface area contributed by atoms with E-state index in [-0.39, 0.29) is 10.8 Å². The number of fused-ring (bicyclic) bond motifs is 1. The molecule has 1 saturated heterocycles. The van der Waals surface area contributed by atoms with E-state index in [2.05, 4.69) is 0 Å². The molecular formula is C14H16N2O4S. The molecule has 0 bridgehead atoms. The number of ether oxygens (including phenoxy) is 1. The SMILES string of the molecule is NS(=O)(=O)c1ccc2c(c1)C(N1CCCCC1=O)=CCO2. The molecule has 2 N–H and O–H groups in total. The molecule has 1 aromatic rings. The van der Waals surface area contributed by atoms with Gasteiger partial charge in [0, 0.05) is 18.5 Å². The van der Waals surface area contributed by atoms with Crippen LogP contribution < -0.4 is 9.88 Å². The van der Waals surface area contributed by atoms with Crippen LogP contribution in [0.5, 0.6) is 5.75 Å². The lowest BCUT2D eigenvalue weighted by Gasteiger charge is -2.32. The van der Waals surface area contributed by atoms with Gasteiger partial charge in [-0.15, -0.1) is 0 Å². The van der Waals surface area contributed by atoms with Gasteiger partial charge in [-0.25, -0.2) is 13.6 Å². The molecule has 2 heterocycles. The Labute approximate surface area is 123 Å². The highest BCUT2D eigenvalue weighted by Crippen LogP contribution is 2.35. The fourth-order valence-electron chi connectivity index (χ4n) is 2.65. The molecule has 0 unspecified atom stereocenters. The molecule has 21 heavy (non-hydrogen) atoms. The molecular weight excluding hydrogens is 292 g/mol. The van der Waals surface area contributed by atoms with Gasteiger partial charge in [-0.3, -0.25) is 4.79 Å². The molecule has 3 rings (SSSR count). The van der Waals surface area contributed by atoms with Crippen molar-refractivity contribution in [3.05, 3.63) is 29.8 Å². The van der Waals surface area contributed by atoms with E-state index >= 15 is 0 Å². The first-order valence-corrected chi connectivity index (χ1v) is 8.32. The third-order valence-corrected chi connectivity index (χ3v) is 4.60. The van der Waals surface area contributed by atoms with Crippen LogP contribution in [0, 0.1) is 0 Å². The summed E-state index contributed by atoms with van der Waals surface area (Å²) in [6.45, 7) is 1.00. The molecule has 6 nitrogen and oxygen atoms in total. The fraction of sp³-hybridized carbons (Fsp3) is 0.357. The average Bonchev–Trinajstić information content (AvgIpc) is 2.46. The first-order valence-electron chi connectivity index (χ1n) is 6.77. The van der Waals surface area contributed by atoms with Crippen LogP contribution in [0.25, 0.3) is 5.70 Å². The van der Waals surface area contributed by atoms with Crippen LogP contribution in [-0.2, 0) is 14.8 Å². The van der Waals surface area contributed by atoms with Crippen molar-refractivity contribution in [2.24, 2.45) is 5.14 Å². The minimum Gasteiger partial charge on any atom is -0.489 e. The Balaban J connectivity index is 2.06. The predicted molar refractivity (Wildman–Crippen MR) is 76.9 cm³/mol. The monoisotopic (exact) mass is 308 g/mol. The first-order chi connectivity index (χ1) is 9.97. The van der Waals surface area contributed by atoms with Crippen LogP contribution >= 0.6 is 0 Å². The summed E-state index contributed by atoms with van der Waals surface area (Å²) in [6, 6.07) is 4.46. The summed E-state index contributed by atoms with van der Waals surface area (Å²) in [7, 11) is -3.79. The van der Waals surface area contributed by atoms with E-state index in [0.717, 1.165) is 12.8 Å². The van der Waals surface area contributed by atoms with Crippen molar-refractivity contribution < 1.29 is 17.9 Å². The standard InChI is InChI=1S/C14H16N2O4S/c15-21(18,19)10-4-5-13-11(9-10)12(6-8-20-13)16-7-2-1-3-14(16)17/h4-6,9H,1-3,7-8H2,(H2,15,18,19). The van der Waals surface area contributed by atoms with Crippen LogP contribution in [0.3, 0.4) is 0 Å². The van der Waals surface area contributed by atoms with E-state index in [1.54, 1.807) is 17.0 Å². The second-order valence-corrected chi connectivity index (χ2v) is 6.67. The number of nitrogens with zero attached hydrogens (tertiary/aromatic N) is 1. The minimum atomic E-state index is -3.79. The number of benzene rings is 1. The zero-order chi connectivity index (χ0) is 15.0. The normalized spacial score (nSPS) is 18.8. The van der Waals surface area contributed by atoms with E-state index in [9.17, 15) is 13.2 Å². The molecule has 2 aliphatic rings. The Hall–Kier alpha value is -1.86. The maximum Gasteiger partial charge on any atom is 0.238 e. The largest absolute Gasteiger partial charge is 0.489 e. The molecule has 0 aliphatic carbocycles. The van der Waals surface area contributed by atoms with Crippen LogP contribution in [-0.4, -0.2) is 32.4 Å². The van der Waals surface area contributed by atoms with Crippen molar-refractivity contribution in [1.82, 2.24) is 4.90 Å². The number of hydrogen-bond donors (Lipinski definition) is 1. The van der Waals surface area contributed by atoms with Crippen molar-refractivity contribution >= 4 is 21.6 Å². The number of amides is 1. The highest BCUT2D eigenvalue weighted by atomic mass is 32.2. The van der Waals surface area contributed by atoms with Gasteiger partial charge in [0.25, 0.3) is 0 Å². The molecule has 7 heteroatoms. The zero-order valence-electron chi connectivity index (χ0n) is 11.4. The molecule has 1 aromatic carbocycles. The number of nitrogens with two attached hydrogens (primary N) is 1.